The zero-order valence-corrected chi connectivity index (χ0v) is 10.5. The van der Waals surface area contributed by atoms with Crippen molar-refractivity contribution in [1.29, 1.82) is 0 Å². The van der Waals surface area contributed by atoms with E-state index in [9.17, 15) is 14.0 Å². The third kappa shape index (κ3) is 2.22. The van der Waals surface area contributed by atoms with Crippen LogP contribution in [0.4, 0.5) is 4.39 Å². The molecular weight excluding hydrogens is 261 g/mol. The van der Waals surface area contributed by atoms with Gasteiger partial charge in [-0.2, -0.15) is 0 Å². The third-order valence-electron chi connectivity index (χ3n) is 2.88. The highest BCUT2D eigenvalue weighted by atomic mass is 32.2. The molecule has 1 fully saturated rings. The average Bonchev–Trinajstić information content (AvgIpc) is 2.95. The van der Waals surface area contributed by atoms with Crippen LogP contribution in [0.5, 0.6) is 0 Å². The van der Waals surface area contributed by atoms with Gasteiger partial charge in [-0.05, 0) is 18.4 Å². The SMILES string of the molecule is CSc1ccc(C(=O)N2CCC(F)(C(=O)O)C2)o1. The minimum absolute atomic E-state index is 0.0803. The first-order valence-electron chi connectivity index (χ1n) is 5.32. The number of aliphatic carboxylic acids is 1. The first-order valence-corrected chi connectivity index (χ1v) is 6.54. The van der Waals surface area contributed by atoms with Gasteiger partial charge in [-0.25, -0.2) is 9.18 Å². The smallest absolute Gasteiger partial charge is 0.343 e. The average molecular weight is 273 g/mol. The summed E-state index contributed by atoms with van der Waals surface area (Å²) in [5, 5.41) is 9.33. The number of hydrogen-bond donors (Lipinski definition) is 1. The van der Waals surface area contributed by atoms with Gasteiger partial charge in [0.05, 0.1) is 6.54 Å². The van der Waals surface area contributed by atoms with E-state index >= 15 is 0 Å². The van der Waals surface area contributed by atoms with Crippen molar-refractivity contribution in [3.63, 3.8) is 0 Å². The molecule has 1 amide bonds. The van der Waals surface area contributed by atoms with E-state index in [1.807, 2.05) is 0 Å². The van der Waals surface area contributed by atoms with Crippen LogP contribution in [-0.4, -0.2) is 46.9 Å². The predicted molar refractivity (Wildman–Crippen MR) is 62.5 cm³/mol. The zero-order valence-electron chi connectivity index (χ0n) is 9.68. The topological polar surface area (TPSA) is 70.8 Å². The van der Waals surface area contributed by atoms with Gasteiger partial charge in [-0.1, -0.05) is 11.8 Å². The maximum absolute atomic E-state index is 13.8. The summed E-state index contributed by atoms with van der Waals surface area (Å²) < 4.78 is 19.0. The van der Waals surface area contributed by atoms with Gasteiger partial charge in [0.1, 0.15) is 0 Å². The van der Waals surface area contributed by atoms with Crippen LogP contribution in [0, 0.1) is 0 Å². The number of amides is 1. The van der Waals surface area contributed by atoms with Crippen molar-refractivity contribution in [2.75, 3.05) is 19.3 Å². The number of rotatable bonds is 3. The second kappa shape index (κ2) is 4.64. The lowest BCUT2D eigenvalue weighted by Crippen LogP contribution is -2.38. The largest absolute Gasteiger partial charge is 0.479 e. The molecule has 1 aliphatic rings. The highest BCUT2D eigenvalue weighted by molar-refractivity contribution is 7.98. The molecule has 1 unspecified atom stereocenters. The normalized spacial score (nSPS) is 23.3. The van der Waals surface area contributed by atoms with Gasteiger partial charge in [0.2, 0.25) is 5.67 Å². The number of carboxylic acids is 1. The number of carboxylic acid groups (broad SMARTS) is 1. The number of carbonyl (C=O) groups excluding carboxylic acids is 1. The second-order valence-electron chi connectivity index (χ2n) is 4.07. The van der Waals surface area contributed by atoms with Crippen molar-refractivity contribution in [3.05, 3.63) is 17.9 Å². The van der Waals surface area contributed by atoms with Gasteiger partial charge < -0.3 is 14.4 Å². The fourth-order valence-corrected chi connectivity index (χ4v) is 2.20. The molecule has 0 aromatic carbocycles. The fraction of sp³-hybridized carbons (Fsp3) is 0.455. The number of halogens is 1. The summed E-state index contributed by atoms with van der Waals surface area (Å²) in [7, 11) is 0. The van der Waals surface area contributed by atoms with E-state index in [1.165, 1.54) is 17.8 Å². The number of hydrogen-bond acceptors (Lipinski definition) is 4. The van der Waals surface area contributed by atoms with Gasteiger partial charge >= 0.3 is 5.97 Å². The van der Waals surface area contributed by atoms with Gasteiger partial charge in [0.25, 0.3) is 5.91 Å². The van der Waals surface area contributed by atoms with Crippen molar-refractivity contribution >= 4 is 23.6 Å². The minimum Gasteiger partial charge on any atom is -0.479 e. The van der Waals surface area contributed by atoms with Crippen LogP contribution >= 0.6 is 11.8 Å². The summed E-state index contributed by atoms with van der Waals surface area (Å²) in [6, 6.07) is 3.15. The molecule has 98 valence electrons. The molecule has 2 heterocycles. The Labute approximate surface area is 107 Å². The zero-order chi connectivity index (χ0) is 13.3. The van der Waals surface area contributed by atoms with E-state index in [4.69, 9.17) is 9.52 Å². The molecule has 2 rings (SSSR count). The Morgan fingerprint density at radius 2 is 2.28 bits per heavy atom. The lowest BCUT2D eigenvalue weighted by atomic mass is 10.1. The molecule has 0 aliphatic carbocycles. The number of nitrogens with zero attached hydrogens (tertiary/aromatic N) is 1. The Morgan fingerprint density at radius 3 is 2.78 bits per heavy atom. The van der Waals surface area contributed by atoms with E-state index in [2.05, 4.69) is 0 Å². The highest BCUT2D eigenvalue weighted by Crippen LogP contribution is 2.28. The lowest BCUT2D eigenvalue weighted by molar-refractivity contribution is -0.149. The van der Waals surface area contributed by atoms with E-state index in [-0.39, 0.29) is 18.7 Å². The molecule has 0 saturated carbocycles. The standard InChI is InChI=1S/C11H12FNO4S/c1-18-8-3-2-7(17-8)9(14)13-5-4-11(12,6-13)10(15)16/h2-3H,4-6H2,1H3,(H,15,16). The Bertz CT molecular complexity index is 489. The number of carbonyl (C=O) groups is 2. The fourth-order valence-electron chi connectivity index (χ4n) is 1.82. The van der Waals surface area contributed by atoms with Crippen molar-refractivity contribution in [3.8, 4) is 0 Å². The van der Waals surface area contributed by atoms with Crippen LogP contribution < -0.4 is 0 Å². The predicted octanol–water partition coefficient (Wildman–Crippen LogP) is 1.64. The summed E-state index contributed by atoms with van der Waals surface area (Å²) in [6.45, 7) is -0.354. The minimum atomic E-state index is -2.34. The van der Waals surface area contributed by atoms with Gasteiger partial charge in [0.15, 0.2) is 10.9 Å². The van der Waals surface area contributed by atoms with Crippen LogP contribution in [0.1, 0.15) is 17.0 Å². The molecule has 1 N–H and O–H groups in total. The van der Waals surface area contributed by atoms with Crippen molar-refractivity contribution in [1.82, 2.24) is 4.90 Å². The molecule has 0 radical (unpaired) electrons. The van der Waals surface area contributed by atoms with Crippen LogP contribution in [0.25, 0.3) is 0 Å². The molecule has 5 nitrogen and oxygen atoms in total. The van der Waals surface area contributed by atoms with Crippen molar-refractivity contribution in [2.24, 2.45) is 0 Å². The van der Waals surface area contributed by atoms with Crippen LogP contribution in [0.3, 0.4) is 0 Å². The number of alkyl halides is 1. The molecule has 7 heteroatoms. The van der Waals surface area contributed by atoms with E-state index in [0.29, 0.717) is 5.09 Å². The summed E-state index contributed by atoms with van der Waals surface area (Å²) >= 11 is 1.35. The maximum Gasteiger partial charge on any atom is 0.343 e. The molecule has 1 aliphatic heterocycles. The molecule has 0 bridgehead atoms. The van der Waals surface area contributed by atoms with Gasteiger partial charge in [0, 0.05) is 13.0 Å². The van der Waals surface area contributed by atoms with E-state index < -0.39 is 24.1 Å². The monoisotopic (exact) mass is 273 g/mol. The molecule has 18 heavy (non-hydrogen) atoms. The van der Waals surface area contributed by atoms with Crippen molar-refractivity contribution in [2.45, 2.75) is 17.2 Å². The van der Waals surface area contributed by atoms with E-state index in [0.717, 1.165) is 4.90 Å². The van der Waals surface area contributed by atoms with Crippen LogP contribution in [-0.2, 0) is 4.79 Å². The molecule has 0 spiro atoms. The Kier molecular flexibility index (Phi) is 3.34. The van der Waals surface area contributed by atoms with Gasteiger partial charge in [-0.15, -0.1) is 0 Å². The Balaban J connectivity index is 2.10. The number of thioether (sulfide) groups is 1. The van der Waals surface area contributed by atoms with Crippen LogP contribution in [0.15, 0.2) is 21.6 Å². The lowest BCUT2D eigenvalue weighted by Gasteiger charge is -2.16. The van der Waals surface area contributed by atoms with Crippen molar-refractivity contribution < 1.29 is 23.5 Å². The van der Waals surface area contributed by atoms with E-state index in [1.54, 1.807) is 12.3 Å². The van der Waals surface area contributed by atoms with Crippen LogP contribution in [0.2, 0.25) is 0 Å². The first kappa shape index (κ1) is 12.9. The molecule has 1 aromatic heterocycles. The summed E-state index contributed by atoms with van der Waals surface area (Å²) in [4.78, 5) is 23.9. The quantitative estimate of drug-likeness (QED) is 0.848. The molecule has 1 aromatic rings. The molecule has 1 atom stereocenters. The summed E-state index contributed by atoms with van der Waals surface area (Å²) in [6.07, 6.45) is 1.62. The Hall–Kier alpha value is -1.50. The highest BCUT2D eigenvalue weighted by Gasteiger charge is 2.47. The van der Waals surface area contributed by atoms with Gasteiger partial charge in [-0.3, -0.25) is 4.79 Å². The molecular formula is C11H12FNO4S. The Morgan fingerprint density at radius 1 is 1.56 bits per heavy atom. The number of likely N-dealkylation sites (tertiary alicyclic amines) is 1. The summed E-state index contributed by atoms with van der Waals surface area (Å²) in [5.74, 6) is -1.90. The maximum atomic E-state index is 13.8. The summed E-state index contributed by atoms with van der Waals surface area (Å²) in [5.41, 5.74) is -2.34. The first-order chi connectivity index (χ1) is 8.46. The second-order valence-corrected chi connectivity index (χ2v) is 4.88. The number of furan rings is 1. The third-order valence-corrected chi connectivity index (χ3v) is 3.51. The molecule has 1 saturated heterocycles.